The molecule has 6 nitrogen and oxygen atoms in total. The number of rotatable bonds is 5. The quantitative estimate of drug-likeness (QED) is 0.663. The van der Waals surface area contributed by atoms with Gasteiger partial charge in [0.25, 0.3) is 5.91 Å². The van der Waals surface area contributed by atoms with E-state index in [0.29, 0.717) is 11.3 Å². The van der Waals surface area contributed by atoms with E-state index in [2.05, 4.69) is 20.8 Å². The number of benzene rings is 2. The lowest BCUT2D eigenvalue weighted by Gasteiger charge is -2.09. The Balaban J connectivity index is 1.72. The highest BCUT2D eigenvalue weighted by molar-refractivity contribution is 6.05. The maximum absolute atomic E-state index is 13.7. The zero-order valence-electron chi connectivity index (χ0n) is 14.0. The van der Waals surface area contributed by atoms with E-state index >= 15 is 0 Å². The number of amides is 1. The molecular formula is C18H13F3N4O2. The fraction of sp³-hybridized carbons (Fsp3) is 0.0556. The maximum Gasteiger partial charge on any atom is 0.260 e. The Morgan fingerprint density at radius 2 is 1.63 bits per heavy atom. The third kappa shape index (κ3) is 3.97. The van der Waals surface area contributed by atoms with E-state index in [9.17, 15) is 18.0 Å². The first-order valence-corrected chi connectivity index (χ1v) is 7.68. The fourth-order valence-electron chi connectivity index (χ4n) is 2.24. The molecule has 0 saturated heterocycles. The van der Waals surface area contributed by atoms with Crippen molar-refractivity contribution in [2.75, 3.05) is 17.7 Å². The lowest BCUT2D eigenvalue weighted by Crippen LogP contribution is -2.14. The number of carbonyl (C=O) groups excluding carboxylic acids is 1. The van der Waals surface area contributed by atoms with E-state index in [1.54, 1.807) is 24.3 Å². The molecule has 3 rings (SSSR count). The van der Waals surface area contributed by atoms with E-state index in [0.717, 1.165) is 12.1 Å². The zero-order valence-corrected chi connectivity index (χ0v) is 14.0. The zero-order chi connectivity index (χ0) is 19.4. The first kappa shape index (κ1) is 18.2. The van der Waals surface area contributed by atoms with E-state index in [4.69, 9.17) is 4.74 Å². The van der Waals surface area contributed by atoms with Crippen LogP contribution >= 0.6 is 0 Å². The number of anilines is 3. The summed E-state index contributed by atoms with van der Waals surface area (Å²) in [4.78, 5) is 12.3. The summed E-state index contributed by atoms with van der Waals surface area (Å²) >= 11 is 0. The molecule has 1 heterocycles. The summed E-state index contributed by atoms with van der Waals surface area (Å²) in [5, 5.41) is 12.6. The molecule has 0 atom stereocenters. The topological polar surface area (TPSA) is 76.1 Å². The molecule has 0 aliphatic rings. The first-order valence-electron chi connectivity index (χ1n) is 7.68. The maximum atomic E-state index is 13.7. The number of methoxy groups -OCH3 is 1. The van der Waals surface area contributed by atoms with E-state index in [1.165, 1.54) is 19.2 Å². The van der Waals surface area contributed by atoms with Gasteiger partial charge < -0.3 is 15.4 Å². The van der Waals surface area contributed by atoms with Crippen molar-refractivity contribution in [1.82, 2.24) is 10.2 Å². The molecule has 0 aliphatic heterocycles. The minimum absolute atomic E-state index is 0.0789. The largest absolute Gasteiger partial charge is 0.496 e. The standard InChI is InChI=1S/C18H13F3N4O2/c1-27-13-5-3-2-4-10(13)18(26)23-15-9-8-14(24-25-15)22-12-7-6-11(19)16(20)17(12)21/h2-9H,1H3,(H,22,24)(H,23,25,26). The molecule has 3 aromatic rings. The Labute approximate surface area is 152 Å². The fourth-order valence-corrected chi connectivity index (χ4v) is 2.24. The minimum Gasteiger partial charge on any atom is -0.496 e. The van der Waals surface area contributed by atoms with Crippen LogP contribution in [0.3, 0.4) is 0 Å². The highest BCUT2D eigenvalue weighted by Crippen LogP contribution is 2.23. The highest BCUT2D eigenvalue weighted by Gasteiger charge is 2.15. The number of aromatic nitrogens is 2. The normalized spacial score (nSPS) is 10.4. The van der Waals surface area contributed by atoms with Gasteiger partial charge in [-0.2, -0.15) is 0 Å². The SMILES string of the molecule is COc1ccccc1C(=O)Nc1ccc(Nc2ccc(F)c(F)c2F)nn1. The van der Waals surface area contributed by atoms with Crippen LogP contribution in [0.1, 0.15) is 10.4 Å². The van der Waals surface area contributed by atoms with Crippen LogP contribution in [-0.2, 0) is 0 Å². The number of hydrogen-bond acceptors (Lipinski definition) is 5. The van der Waals surface area contributed by atoms with E-state index < -0.39 is 23.4 Å². The van der Waals surface area contributed by atoms with Crippen LogP contribution in [0.2, 0.25) is 0 Å². The molecule has 27 heavy (non-hydrogen) atoms. The predicted octanol–water partition coefficient (Wildman–Crippen LogP) is 3.90. The summed E-state index contributed by atoms with van der Waals surface area (Å²) in [6.07, 6.45) is 0. The second-order valence-corrected chi connectivity index (χ2v) is 5.31. The lowest BCUT2D eigenvalue weighted by molar-refractivity contribution is 0.102. The van der Waals surface area contributed by atoms with Gasteiger partial charge in [0.1, 0.15) is 5.75 Å². The van der Waals surface area contributed by atoms with Crippen LogP contribution in [0.5, 0.6) is 5.75 Å². The van der Waals surface area contributed by atoms with Gasteiger partial charge in [0.2, 0.25) is 0 Å². The second kappa shape index (κ2) is 7.73. The van der Waals surface area contributed by atoms with Crippen LogP contribution in [0.15, 0.2) is 48.5 Å². The Kier molecular flexibility index (Phi) is 5.20. The Morgan fingerprint density at radius 3 is 2.33 bits per heavy atom. The summed E-state index contributed by atoms with van der Waals surface area (Å²) in [6, 6.07) is 11.3. The highest BCUT2D eigenvalue weighted by atomic mass is 19.2. The van der Waals surface area contributed by atoms with Crippen molar-refractivity contribution in [2.45, 2.75) is 0 Å². The predicted molar refractivity (Wildman–Crippen MR) is 92.6 cm³/mol. The van der Waals surface area contributed by atoms with Crippen LogP contribution < -0.4 is 15.4 Å². The summed E-state index contributed by atoms with van der Waals surface area (Å²) in [5.74, 6) is -4.08. The monoisotopic (exact) mass is 374 g/mol. The molecule has 0 aliphatic carbocycles. The second-order valence-electron chi connectivity index (χ2n) is 5.31. The van der Waals surface area contributed by atoms with Crippen LogP contribution in [0.4, 0.5) is 30.5 Å². The van der Waals surface area contributed by atoms with Gasteiger partial charge in [0.05, 0.1) is 18.4 Å². The molecule has 0 fully saturated rings. The molecule has 0 unspecified atom stereocenters. The number of ether oxygens (including phenoxy) is 1. The van der Waals surface area contributed by atoms with Gasteiger partial charge in [0, 0.05) is 0 Å². The molecule has 2 aromatic carbocycles. The number of carbonyl (C=O) groups is 1. The third-order valence-corrected chi connectivity index (χ3v) is 3.56. The van der Waals surface area contributed by atoms with Gasteiger partial charge in [0.15, 0.2) is 29.1 Å². The van der Waals surface area contributed by atoms with E-state index in [-0.39, 0.29) is 17.3 Å². The first-order chi connectivity index (χ1) is 13.0. The van der Waals surface area contributed by atoms with Crippen LogP contribution in [-0.4, -0.2) is 23.2 Å². The number of para-hydroxylation sites is 1. The molecule has 9 heteroatoms. The molecule has 0 spiro atoms. The number of halogens is 3. The average molecular weight is 374 g/mol. The molecule has 0 radical (unpaired) electrons. The van der Waals surface area contributed by atoms with Crippen molar-refractivity contribution in [3.63, 3.8) is 0 Å². The smallest absolute Gasteiger partial charge is 0.260 e. The molecule has 1 aromatic heterocycles. The van der Waals surface area contributed by atoms with Gasteiger partial charge in [-0.05, 0) is 36.4 Å². The van der Waals surface area contributed by atoms with Gasteiger partial charge in [-0.25, -0.2) is 13.2 Å². The number of hydrogen-bond donors (Lipinski definition) is 2. The van der Waals surface area contributed by atoms with Gasteiger partial charge >= 0.3 is 0 Å². The van der Waals surface area contributed by atoms with Gasteiger partial charge in [-0.15, -0.1) is 10.2 Å². The minimum atomic E-state index is -1.59. The van der Waals surface area contributed by atoms with Crippen molar-refractivity contribution < 1.29 is 22.7 Å². The third-order valence-electron chi connectivity index (χ3n) is 3.56. The molecule has 0 saturated carbocycles. The molecule has 1 amide bonds. The molecule has 0 bridgehead atoms. The molecular weight excluding hydrogens is 361 g/mol. The van der Waals surface area contributed by atoms with Crippen molar-refractivity contribution >= 4 is 23.2 Å². The Morgan fingerprint density at radius 1 is 0.926 bits per heavy atom. The summed E-state index contributed by atoms with van der Waals surface area (Å²) < 4.78 is 45.0. The van der Waals surface area contributed by atoms with Crippen LogP contribution in [0, 0.1) is 17.5 Å². The van der Waals surface area contributed by atoms with Gasteiger partial charge in [-0.3, -0.25) is 4.79 Å². The summed E-state index contributed by atoms with van der Waals surface area (Å²) in [6.45, 7) is 0. The summed E-state index contributed by atoms with van der Waals surface area (Å²) in [5.41, 5.74) is 0.0156. The van der Waals surface area contributed by atoms with Crippen molar-refractivity contribution in [1.29, 1.82) is 0 Å². The molecule has 2 N–H and O–H groups in total. The van der Waals surface area contributed by atoms with Crippen molar-refractivity contribution in [3.05, 3.63) is 71.5 Å². The van der Waals surface area contributed by atoms with Crippen LogP contribution in [0.25, 0.3) is 0 Å². The summed E-state index contributed by atoms with van der Waals surface area (Å²) in [7, 11) is 1.45. The lowest BCUT2D eigenvalue weighted by atomic mass is 10.2. The Bertz CT molecular complexity index is 981. The van der Waals surface area contributed by atoms with E-state index in [1.807, 2.05) is 0 Å². The van der Waals surface area contributed by atoms with Crippen molar-refractivity contribution in [2.24, 2.45) is 0 Å². The van der Waals surface area contributed by atoms with Crippen molar-refractivity contribution in [3.8, 4) is 5.75 Å². The number of nitrogens with one attached hydrogen (secondary N) is 2. The molecule has 138 valence electrons. The Hall–Kier alpha value is -3.62. The average Bonchev–Trinajstić information content (AvgIpc) is 2.69. The number of nitrogens with zero attached hydrogens (tertiary/aromatic N) is 2. The van der Waals surface area contributed by atoms with Gasteiger partial charge in [-0.1, -0.05) is 12.1 Å².